The number of benzene rings is 1. The Bertz CT molecular complexity index is 826. The summed E-state index contributed by atoms with van der Waals surface area (Å²) in [5.74, 6) is -2.12. The Morgan fingerprint density at radius 3 is 2.55 bits per heavy atom. The van der Waals surface area contributed by atoms with Crippen LogP contribution < -0.4 is 11.2 Å². The molecule has 0 spiro atoms. The van der Waals surface area contributed by atoms with Crippen molar-refractivity contribution in [2.24, 2.45) is 0 Å². The van der Waals surface area contributed by atoms with E-state index in [4.69, 9.17) is 4.74 Å². The van der Waals surface area contributed by atoms with E-state index in [0.29, 0.717) is 0 Å². The number of aromatic nitrogens is 2. The van der Waals surface area contributed by atoms with E-state index in [1.807, 2.05) is 4.98 Å². The number of ether oxygens (including phenoxy) is 1. The molecule has 0 aliphatic heterocycles. The molecule has 0 atom stereocenters. The number of halogens is 3. The number of nitrogens with one attached hydrogen (secondary N) is 2. The predicted octanol–water partition coefficient (Wildman–Crippen LogP) is 2.26. The minimum atomic E-state index is -1.03. The lowest BCUT2D eigenvalue weighted by Crippen LogP contribution is -2.24. The summed E-state index contributed by atoms with van der Waals surface area (Å²) in [4.78, 5) is 26.7. The van der Waals surface area contributed by atoms with Gasteiger partial charge < -0.3 is 9.72 Å². The molecule has 2 aromatic rings. The van der Waals surface area contributed by atoms with Gasteiger partial charge in [0.05, 0.1) is 22.2 Å². The van der Waals surface area contributed by atoms with E-state index in [1.165, 1.54) is 0 Å². The number of fused-ring (bicyclic) bond motifs is 1. The fourth-order valence-electron chi connectivity index (χ4n) is 1.79. The molecule has 0 aliphatic rings. The summed E-state index contributed by atoms with van der Waals surface area (Å²) >= 11 is 2.88. The molecular formula is C12H9BrF2N2O3. The quantitative estimate of drug-likeness (QED) is 0.661. The molecule has 5 nitrogen and oxygen atoms in total. The minimum Gasteiger partial charge on any atom is -0.494 e. The molecule has 0 bridgehead atoms. The molecule has 1 aromatic carbocycles. The monoisotopic (exact) mass is 346 g/mol. The zero-order valence-electron chi connectivity index (χ0n) is 10.3. The fourth-order valence-corrected chi connectivity index (χ4v) is 2.39. The largest absolute Gasteiger partial charge is 0.494 e. The maximum atomic E-state index is 14.4. The van der Waals surface area contributed by atoms with Crippen molar-refractivity contribution in [3.8, 4) is 0 Å². The topological polar surface area (TPSA) is 75.0 Å². The lowest BCUT2D eigenvalue weighted by Gasteiger charge is -2.12. The van der Waals surface area contributed by atoms with Crippen LogP contribution in [0.5, 0.6) is 0 Å². The Kier molecular flexibility index (Phi) is 3.76. The van der Waals surface area contributed by atoms with Crippen molar-refractivity contribution in [1.82, 2.24) is 9.97 Å². The van der Waals surface area contributed by atoms with Crippen LogP contribution in [0.25, 0.3) is 16.7 Å². The number of aromatic amines is 2. The number of H-pyrrole nitrogens is 2. The second-order valence-corrected chi connectivity index (χ2v) is 4.62. The first kappa shape index (κ1) is 14.4. The summed E-state index contributed by atoms with van der Waals surface area (Å²) in [6, 6.07) is 0. The predicted molar refractivity (Wildman–Crippen MR) is 73.5 cm³/mol. The van der Waals surface area contributed by atoms with Gasteiger partial charge in [0.1, 0.15) is 17.0 Å². The van der Waals surface area contributed by atoms with Crippen LogP contribution in [0.3, 0.4) is 0 Å². The lowest BCUT2D eigenvalue weighted by molar-refractivity contribution is 0.297. The van der Waals surface area contributed by atoms with Crippen molar-refractivity contribution >= 4 is 32.6 Å². The maximum absolute atomic E-state index is 14.4. The fraction of sp³-hybridized carbons (Fsp3) is 0.167. The second kappa shape index (κ2) is 5.20. The van der Waals surface area contributed by atoms with Crippen LogP contribution in [-0.2, 0) is 4.74 Å². The average Bonchev–Trinajstić information content (AvgIpc) is 2.35. The Morgan fingerprint density at radius 2 is 1.95 bits per heavy atom. The normalized spacial score (nSPS) is 10.8. The molecule has 0 amide bonds. The summed E-state index contributed by atoms with van der Waals surface area (Å²) in [6.45, 7) is 5.34. The first-order valence-electron chi connectivity index (χ1n) is 5.53. The molecule has 8 heteroatoms. The van der Waals surface area contributed by atoms with Crippen molar-refractivity contribution in [2.75, 3.05) is 6.61 Å². The number of hydrogen-bond donors (Lipinski definition) is 2. The molecule has 0 aliphatic carbocycles. The van der Waals surface area contributed by atoms with Gasteiger partial charge in [-0.2, -0.15) is 0 Å². The highest BCUT2D eigenvalue weighted by molar-refractivity contribution is 9.10. The third-order valence-electron chi connectivity index (χ3n) is 2.61. The summed E-state index contributed by atoms with van der Waals surface area (Å²) in [5.41, 5.74) is -2.77. The number of rotatable bonds is 3. The smallest absolute Gasteiger partial charge is 0.326 e. The van der Waals surface area contributed by atoms with E-state index in [-0.39, 0.29) is 22.4 Å². The Balaban J connectivity index is 2.97. The van der Waals surface area contributed by atoms with E-state index in [2.05, 4.69) is 27.5 Å². The zero-order chi connectivity index (χ0) is 15.0. The summed E-state index contributed by atoms with van der Waals surface area (Å²) in [5, 5.41) is -0.596. The van der Waals surface area contributed by atoms with Crippen molar-refractivity contribution in [1.29, 1.82) is 0 Å². The van der Waals surface area contributed by atoms with Gasteiger partial charge >= 0.3 is 5.69 Å². The van der Waals surface area contributed by atoms with Gasteiger partial charge in [-0.3, -0.25) is 9.78 Å². The third-order valence-corrected chi connectivity index (χ3v) is 3.36. The van der Waals surface area contributed by atoms with Crippen LogP contribution >= 0.6 is 15.9 Å². The zero-order valence-corrected chi connectivity index (χ0v) is 11.9. The Morgan fingerprint density at radius 1 is 1.30 bits per heavy atom. The van der Waals surface area contributed by atoms with Gasteiger partial charge in [0.25, 0.3) is 5.56 Å². The van der Waals surface area contributed by atoms with Crippen molar-refractivity contribution < 1.29 is 13.5 Å². The minimum absolute atomic E-state index is 0.122. The average molecular weight is 347 g/mol. The van der Waals surface area contributed by atoms with Crippen LogP contribution in [0.15, 0.2) is 20.6 Å². The molecule has 1 heterocycles. The molecule has 0 saturated carbocycles. The molecule has 2 rings (SSSR count). The van der Waals surface area contributed by atoms with Crippen LogP contribution in [0, 0.1) is 11.6 Å². The van der Waals surface area contributed by atoms with E-state index >= 15 is 0 Å². The summed E-state index contributed by atoms with van der Waals surface area (Å²) < 4.78 is 33.3. The van der Waals surface area contributed by atoms with Crippen molar-refractivity contribution in [3.05, 3.63) is 49.1 Å². The lowest BCUT2D eigenvalue weighted by atomic mass is 10.1. The SMILES string of the molecule is C=C(OCC)c1c(Br)c(F)c2[nH]c(=O)[nH]c(=O)c2c1F. The molecule has 106 valence electrons. The van der Waals surface area contributed by atoms with E-state index in [0.717, 1.165) is 0 Å². The third kappa shape index (κ3) is 2.15. The van der Waals surface area contributed by atoms with Crippen molar-refractivity contribution in [3.63, 3.8) is 0 Å². The molecule has 0 radical (unpaired) electrons. The highest BCUT2D eigenvalue weighted by Gasteiger charge is 2.23. The molecule has 0 fully saturated rings. The molecule has 1 aromatic heterocycles. The second-order valence-electron chi connectivity index (χ2n) is 3.83. The first-order valence-corrected chi connectivity index (χ1v) is 6.32. The summed E-state index contributed by atoms with van der Waals surface area (Å²) in [6.07, 6.45) is 0. The first-order chi connectivity index (χ1) is 9.38. The van der Waals surface area contributed by atoms with Gasteiger partial charge in [-0.15, -0.1) is 0 Å². The summed E-state index contributed by atoms with van der Waals surface area (Å²) in [7, 11) is 0. The van der Waals surface area contributed by atoms with Crippen LogP contribution in [-0.4, -0.2) is 16.6 Å². The van der Waals surface area contributed by atoms with E-state index in [1.54, 1.807) is 6.92 Å². The van der Waals surface area contributed by atoms with Gasteiger partial charge in [0.2, 0.25) is 0 Å². The van der Waals surface area contributed by atoms with Gasteiger partial charge in [-0.1, -0.05) is 6.58 Å². The van der Waals surface area contributed by atoms with Gasteiger partial charge in [-0.05, 0) is 22.9 Å². The molecular weight excluding hydrogens is 338 g/mol. The van der Waals surface area contributed by atoms with Gasteiger partial charge in [0.15, 0.2) is 5.82 Å². The standard InChI is InChI=1S/C12H9BrF2N2O3/c1-3-20-4(2)5-7(13)9(15)10-6(8(5)14)11(18)17-12(19)16-10/h2-3H2,1H3,(H2,16,17,18,19). The van der Waals surface area contributed by atoms with Crippen LogP contribution in [0.2, 0.25) is 0 Å². The van der Waals surface area contributed by atoms with E-state index < -0.39 is 33.8 Å². The Labute approximate surface area is 119 Å². The van der Waals surface area contributed by atoms with Gasteiger partial charge in [0, 0.05) is 0 Å². The maximum Gasteiger partial charge on any atom is 0.326 e. The molecule has 0 saturated heterocycles. The Hall–Kier alpha value is -1.96. The van der Waals surface area contributed by atoms with E-state index in [9.17, 15) is 18.4 Å². The van der Waals surface area contributed by atoms with Crippen molar-refractivity contribution in [2.45, 2.75) is 6.92 Å². The molecule has 0 unspecified atom stereocenters. The van der Waals surface area contributed by atoms with Crippen LogP contribution in [0.1, 0.15) is 12.5 Å². The number of hydrogen-bond acceptors (Lipinski definition) is 3. The molecule has 2 N–H and O–H groups in total. The highest BCUT2D eigenvalue weighted by Crippen LogP contribution is 2.33. The highest BCUT2D eigenvalue weighted by atomic mass is 79.9. The van der Waals surface area contributed by atoms with Crippen LogP contribution in [0.4, 0.5) is 8.78 Å². The molecule has 20 heavy (non-hydrogen) atoms. The van der Waals surface area contributed by atoms with Gasteiger partial charge in [-0.25, -0.2) is 13.6 Å².